The molecule has 0 radical (unpaired) electrons. The third kappa shape index (κ3) is 21.0. The van der Waals surface area contributed by atoms with E-state index in [2.05, 4.69) is 16.0 Å². The zero-order valence-corrected chi connectivity index (χ0v) is 22.7. The fourth-order valence-corrected chi connectivity index (χ4v) is 2.84. The highest BCUT2D eigenvalue weighted by molar-refractivity contribution is 5.66. The number of hydrogen-bond donors (Lipinski definition) is 6. The lowest BCUT2D eigenvalue weighted by molar-refractivity contribution is -0.137. The van der Waals surface area contributed by atoms with Crippen LogP contribution in [0.25, 0.3) is 0 Å². The molecular weight excluding hydrogens is 488 g/mol. The van der Waals surface area contributed by atoms with Crippen LogP contribution < -0.4 is 5.73 Å². The number of aliphatic hydroxyl groups excluding tert-OH is 4. The summed E-state index contributed by atoms with van der Waals surface area (Å²) in [5, 5.41) is 53.4. The quantitative estimate of drug-likeness (QED) is 0.107. The van der Waals surface area contributed by atoms with E-state index in [1.165, 1.54) is 7.05 Å². The summed E-state index contributed by atoms with van der Waals surface area (Å²) in [5.74, 6) is -1.61. The summed E-state index contributed by atoms with van der Waals surface area (Å²) in [5.41, 5.74) is 5.17. The molecule has 13 nitrogen and oxygen atoms in total. The SMILES string of the molecule is CC.CN.O=C(O)CCCCCn1cc(COCC(COCC(CO)CO)COCC(CO)CO)nn1. The first-order chi connectivity index (χ1) is 18.0. The van der Waals surface area contributed by atoms with Gasteiger partial charge in [0.05, 0.1) is 72.3 Å². The van der Waals surface area contributed by atoms with Crippen molar-refractivity contribution in [1.29, 1.82) is 0 Å². The van der Waals surface area contributed by atoms with Gasteiger partial charge in [0.15, 0.2) is 0 Å². The molecule has 0 fully saturated rings. The van der Waals surface area contributed by atoms with E-state index in [0.29, 0.717) is 38.5 Å². The number of aliphatic hydroxyl groups is 4. The largest absolute Gasteiger partial charge is 0.481 e. The van der Waals surface area contributed by atoms with Gasteiger partial charge in [-0.05, 0) is 19.9 Å². The zero-order valence-electron chi connectivity index (χ0n) is 22.7. The second kappa shape index (κ2) is 27.3. The average Bonchev–Trinajstić information content (AvgIpc) is 3.38. The molecule has 0 bridgehead atoms. The molecule has 0 saturated heterocycles. The Hall–Kier alpha value is -1.71. The lowest BCUT2D eigenvalue weighted by Gasteiger charge is -2.20. The number of unbranched alkanes of at least 4 members (excludes halogenated alkanes) is 2. The Kier molecular flexibility index (Phi) is 27.7. The number of nitrogens with zero attached hydrogens (tertiary/aromatic N) is 3. The molecule has 1 aromatic rings. The standard InChI is InChI=1S/C21H39N3O9.C2H6.CH5N/c25-7-17(8-26)11-31-13-19(14-32-12-18(9-27)10-28)15-33-16-20-6-24(23-22-20)5-3-1-2-4-21(29)30;2*1-2/h6,17-19,25-28H,1-5,7-16H2,(H,29,30);1-2H3;2H2,1H3. The highest BCUT2D eigenvalue weighted by Gasteiger charge is 2.15. The van der Waals surface area contributed by atoms with Crippen LogP contribution in [0.5, 0.6) is 0 Å². The monoisotopic (exact) mass is 538 g/mol. The third-order valence-electron chi connectivity index (χ3n) is 4.91. The van der Waals surface area contributed by atoms with Gasteiger partial charge in [0.1, 0.15) is 5.69 Å². The maximum atomic E-state index is 10.5. The smallest absolute Gasteiger partial charge is 0.303 e. The number of nitrogens with two attached hydrogens (primary N) is 1. The summed E-state index contributed by atoms with van der Waals surface area (Å²) in [6, 6.07) is 0. The van der Waals surface area contributed by atoms with Crippen molar-refractivity contribution in [2.24, 2.45) is 23.5 Å². The van der Waals surface area contributed by atoms with Crippen molar-refractivity contribution in [2.45, 2.75) is 52.7 Å². The van der Waals surface area contributed by atoms with Crippen LogP contribution in [0.2, 0.25) is 0 Å². The average molecular weight is 539 g/mol. The maximum absolute atomic E-state index is 10.5. The van der Waals surface area contributed by atoms with Crippen LogP contribution in [-0.2, 0) is 32.2 Å². The van der Waals surface area contributed by atoms with Crippen LogP contribution in [-0.4, -0.2) is 113 Å². The van der Waals surface area contributed by atoms with Gasteiger partial charge in [-0.15, -0.1) is 5.10 Å². The molecule has 0 atom stereocenters. The molecule has 0 aliphatic heterocycles. The molecule has 37 heavy (non-hydrogen) atoms. The van der Waals surface area contributed by atoms with Crippen LogP contribution in [0.1, 0.15) is 45.2 Å². The van der Waals surface area contributed by atoms with Gasteiger partial charge in [-0.3, -0.25) is 9.48 Å². The predicted octanol–water partition coefficient (Wildman–Crippen LogP) is -0.108. The number of rotatable bonds is 22. The topological polar surface area (TPSA) is 203 Å². The molecule has 13 heteroatoms. The van der Waals surface area contributed by atoms with Crippen molar-refractivity contribution in [3.63, 3.8) is 0 Å². The Bertz CT molecular complexity index is 597. The van der Waals surface area contributed by atoms with E-state index in [-0.39, 0.29) is 70.4 Å². The van der Waals surface area contributed by atoms with E-state index in [0.717, 1.165) is 12.8 Å². The molecule has 0 spiro atoms. The van der Waals surface area contributed by atoms with Gasteiger partial charge in [-0.1, -0.05) is 25.5 Å². The Morgan fingerprint density at radius 1 is 0.838 bits per heavy atom. The number of hydrogen-bond acceptors (Lipinski definition) is 11. The predicted molar refractivity (Wildman–Crippen MR) is 138 cm³/mol. The van der Waals surface area contributed by atoms with Gasteiger partial charge in [0.25, 0.3) is 0 Å². The van der Waals surface area contributed by atoms with Crippen LogP contribution in [0, 0.1) is 17.8 Å². The zero-order chi connectivity index (χ0) is 28.3. The van der Waals surface area contributed by atoms with E-state index < -0.39 is 5.97 Å². The molecule has 0 aliphatic carbocycles. The molecular formula is C24H50N4O9. The summed E-state index contributed by atoms with van der Waals surface area (Å²) in [4.78, 5) is 10.5. The molecule has 220 valence electrons. The van der Waals surface area contributed by atoms with Crippen molar-refractivity contribution in [2.75, 3.05) is 66.5 Å². The molecule has 1 aromatic heterocycles. The lowest BCUT2D eigenvalue weighted by atomic mass is 10.1. The van der Waals surface area contributed by atoms with Gasteiger partial charge in [-0.2, -0.15) is 0 Å². The number of carboxylic acid groups (broad SMARTS) is 1. The van der Waals surface area contributed by atoms with Crippen LogP contribution in [0.15, 0.2) is 6.20 Å². The summed E-state index contributed by atoms with van der Waals surface area (Å²) >= 11 is 0. The van der Waals surface area contributed by atoms with Crippen LogP contribution in [0.3, 0.4) is 0 Å². The van der Waals surface area contributed by atoms with Gasteiger partial charge < -0.3 is 45.5 Å². The maximum Gasteiger partial charge on any atom is 0.303 e. The van der Waals surface area contributed by atoms with E-state index in [9.17, 15) is 4.79 Å². The number of carboxylic acids is 1. The first kappa shape index (κ1) is 37.4. The van der Waals surface area contributed by atoms with E-state index in [1.807, 2.05) is 13.8 Å². The second-order valence-electron chi connectivity index (χ2n) is 8.10. The Balaban J connectivity index is 0. The van der Waals surface area contributed by atoms with E-state index >= 15 is 0 Å². The van der Waals surface area contributed by atoms with Gasteiger partial charge in [0, 0.05) is 30.7 Å². The third-order valence-corrected chi connectivity index (χ3v) is 4.91. The second-order valence-corrected chi connectivity index (χ2v) is 8.10. The molecule has 0 saturated carbocycles. The van der Waals surface area contributed by atoms with Crippen molar-refractivity contribution in [3.05, 3.63) is 11.9 Å². The fraction of sp³-hybridized carbons (Fsp3) is 0.875. The number of aryl methyl sites for hydroxylation is 1. The molecule has 1 rings (SSSR count). The fourth-order valence-electron chi connectivity index (χ4n) is 2.84. The summed E-state index contributed by atoms with van der Waals surface area (Å²) < 4.78 is 18.6. The minimum absolute atomic E-state index is 0.134. The summed E-state index contributed by atoms with van der Waals surface area (Å²) in [6.45, 7) is 5.55. The number of ether oxygens (including phenoxy) is 3. The molecule has 0 aliphatic rings. The number of aliphatic carboxylic acids is 1. The van der Waals surface area contributed by atoms with Crippen molar-refractivity contribution in [1.82, 2.24) is 15.0 Å². The Labute approximate surface area is 220 Å². The molecule has 0 aromatic carbocycles. The first-order valence-electron chi connectivity index (χ1n) is 12.9. The minimum Gasteiger partial charge on any atom is -0.481 e. The van der Waals surface area contributed by atoms with Crippen molar-refractivity contribution < 1.29 is 44.5 Å². The molecule has 0 unspecified atom stereocenters. The van der Waals surface area contributed by atoms with Crippen LogP contribution >= 0.6 is 0 Å². The lowest BCUT2D eigenvalue weighted by Crippen LogP contribution is -2.27. The molecule has 7 N–H and O–H groups in total. The summed E-state index contributed by atoms with van der Waals surface area (Å²) in [6.07, 6.45) is 4.23. The number of carbonyl (C=O) groups is 1. The molecule has 0 amide bonds. The van der Waals surface area contributed by atoms with Crippen molar-refractivity contribution >= 4 is 5.97 Å². The molecule has 1 heterocycles. The normalized spacial score (nSPS) is 10.9. The van der Waals surface area contributed by atoms with Gasteiger partial charge >= 0.3 is 5.97 Å². The Morgan fingerprint density at radius 2 is 1.32 bits per heavy atom. The van der Waals surface area contributed by atoms with E-state index in [1.54, 1.807) is 10.9 Å². The van der Waals surface area contributed by atoms with Crippen LogP contribution in [0.4, 0.5) is 0 Å². The van der Waals surface area contributed by atoms with Gasteiger partial charge in [0.2, 0.25) is 0 Å². The highest BCUT2D eigenvalue weighted by atomic mass is 16.5. The Morgan fingerprint density at radius 3 is 1.81 bits per heavy atom. The summed E-state index contributed by atoms with van der Waals surface area (Å²) in [7, 11) is 1.50. The number of aromatic nitrogens is 3. The van der Waals surface area contributed by atoms with Crippen molar-refractivity contribution in [3.8, 4) is 0 Å². The van der Waals surface area contributed by atoms with E-state index in [4.69, 9.17) is 39.7 Å². The first-order valence-corrected chi connectivity index (χ1v) is 12.9. The highest BCUT2D eigenvalue weighted by Crippen LogP contribution is 2.08. The van der Waals surface area contributed by atoms with Gasteiger partial charge in [-0.25, -0.2) is 0 Å². The minimum atomic E-state index is -0.785.